The van der Waals surface area contributed by atoms with Crippen molar-refractivity contribution in [2.24, 2.45) is 0 Å². The van der Waals surface area contributed by atoms with E-state index < -0.39 is 0 Å². The van der Waals surface area contributed by atoms with E-state index in [4.69, 9.17) is 4.74 Å². The van der Waals surface area contributed by atoms with E-state index in [0.717, 1.165) is 6.61 Å². The zero-order valence-electron chi connectivity index (χ0n) is 19.7. The van der Waals surface area contributed by atoms with Crippen LogP contribution in [0.3, 0.4) is 0 Å². The van der Waals surface area contributed by atoms with Gasteiger partial charge in [0.2, 0.25) is 0 Å². The second-order valence-electron chi connectivity index (χ2n) is 9.40. The van der Waals surface area contributed by atoms with Crippen molar-refractivity contribution < 1.29 is 4.74 Å². The van der Waals surface area contributed by atoms with Gasteiger partial charge in [-0.3, -0.25) is 0 Å². The van der Waals surface area contributed by atoms with Crippen LogP contribution in [0.2, 0.25) is 0 Å². The Balaban J connectivity index is 1.23. The molecule has 0 aliphatic rings. The maximum Gasteiger partial charge on any atom is 0.0462 e. The van der Waals surface area contributed by atoms with E-state index in [1.54, 1.807) is 7.11 Å². The molecule has 0 atom stereocenters. The Hall–Kier alpha value is -2.42. The minimum Gasteiger partial charge on any atom is -0.385 e. The first-order valence-electron chi connectivity index (χ1n) is 12.6. The molecule has 4 aromatic carbocycles. The standard InChI is InChI=1S/C31H34OS/c1-32-17-11-7-5-3-2-4-6-8-12-23-15-16-26-20-29-28-19-24-13-9-10-14-25(24)21-30(28)33-31(29)22-27(26)18-23/h9-10,13-16,18-22H,2-8,11-12,17H2,1H3. The molecule has 1 heterocycles. The Morgan fingerprint density at radius 1 is 0.576 bits per heavy atom. The number of benzene rings is 4. The third kappa shape index (κ3) is 5.23. The summed E-state index contributed by atoms with van der Waals surface area (Å²) in [7, 11) is 1.79. The summed E-state index contributed by atoms with van der Waals surface area (Å²) in [6, 6.07) is 25.3. The molecular formula is C31H34OS. The van der Waals surface area contributed by atoms with Gasteiger partial charge in [0.05, 0.1) is 0 Å². The monoisotopic (exact) mass is 454 g/mol. The van der Waals surface area contributed by atoms with Crippen molar-refractivity contribution in [2.75, 3.05) is 13.7 Å². The number of ether oxygens (including phenoxy) is 1. The maximum absolute atomic E-state index is 5.12. The zero-order valence-corrected chi connectivity index (χ0v) is 20.6. The first-order chi connectivity index (χ1) is 16.3. The van der Waals surface area contributed by atoms with Crippen LogP contribution in [0.4, 0.5) is 0 Å². The molecule has 0 saturated carbocycles. The molecular weight excluding hydrogens is 420 g/mol. The van der Waals surface area contributed by atoms with Gasteiger partial charge in [0.25, 0.3) is 0 Å². The molecule has 0 amide bonds. The highest BCUT2D eigenvalue weighted by Gasteiger charge is 2.09. The molecule has 170 valence electrons. The first kappa shape index (κ1) is 22.4. The minimum atomic E-state index is 0.914. The number of hydrogen-bond acceptors (Lipinski definition) is 2. The average Bonchev–Trinajstić information content (AvgIpc) is 3.18. The van der Waals surface area contributed by atoms with Crippen LogP contribution in [0.25, 0.3) is 41.7 Å². The summed E-state index contributed by atoms with van der Waals surface area (Å²) in [5, 5.41) is 8.17. The number of aryl methyl sites for hydroxylation is 1. The lowest BCUT2D eigenvalue weighted by molar-refractivity contribution is 0.192. The molecule has 1 aromatic heterocycles. The number of thiophene rings is 1. The summed E-state index contributed by atoms with van der Waals surface area (Å²) in [6.07, 6.45) is 11.8. The van der Waals surface area contributed by atoms with Gasteiger partial charge < -0.3 is 4.74 Å². The van der Waals surface area contributed by atoms with Crippen LogP contribution in [-0.2, 0) is 11.2 Å². The van der Waals surface area contributed by atoms with E-state index in [-0.39, 0.29) is 0 Å². The highest BCUT2D eigenvalue weighted by molar-refractivity contribution is 7.26. The van der Waals surface area contributed by atoms with Gasteiger partial charge in [0.1, 0.15) is 0 Å². The quantitative estimate of drug-likeness (QED) is 0.180. The SMILES string of the molecule is COCCCCCCCCCCc1ccc2cc3c(cc2c1)sc1cc2ccccc2cc13. The lowest BCUT2D eigenvalue weighted by atomic mass is 9.99. The summed E-state index contributed by atoms with van der Waals surface area (Å²) in [5.41, 5.74) is 1.48. The fraction of sp³-hybridized carbons (Fsp3) is 0.355. The minimum absolute atomic E-state index is 0.914. The van der Waals surface area contributed by atoms with Crippen molar-refractivity contribution in [3.8, 4) is 0 Å². The second-order valence-corrected chi connectivity index (χ2v) is 10.5. The Labute approximate surface area is 201 Å². The number of unbranched alkanes of at least 4 members (excludes halogenated alkanes) is 7. The van der Waals surface area contributed by atoms with Crippen LogP contribution in [-0.4, -0.2) is 13.7 Å². The second kappa shape index (κ2) is 10.7. The maximum atomic E-state index is 5.12. The van der Waals surface area contributed by atoms with Crippen LogP contribution in [0.1, 0.15) is 56.9 Å². The van der Waals surface area contributed by atoms with Gasteiger partial charge in [-0.2, -0.15) is 0 Å². The molecule has 0 aliphatic heterocycles. The molecule has 0 fully saturated rings. The normalized spacial score (nSPS) is 11.9. The van der Waals surface area contributed by atoms with Gasteiger partial charge in [-0.05, 0) is 70.6 Å². The predicted molar refractivity (Wildman–Crippen MR) is 147 cm³/mol. The van der Waals surface area contributed by atoms with Crippen LogP contribution in [0, 0.1) is 0 Å². The Morgan fingerprint density at radius 2 is 1.15 bits per heavy atom. The molecule has 0 N–H and O–H groups in total. The molecule has 0 unspecified atom stereocenters. The Kier molecular flexibility index (Phi) is 7.24. The predicted octanol–water partition coefficient (Wildman–Crippen LogP) is 9.67. The van der Waals surface area contributed by atoms with Crippen molar-refractivity contribution in [2.45, 2.75) is 57.8 Å². The average molecular weight is 455 g/mol. The highest BCUT2D eigenvalue weighted by atomic mass is 32.1. The van der Waals surface area contributed by atoms with Crippen molar-refractivity contribution in [3.05, 3.63) is 72.3 Å². The fourth-order valence-electron chi connectivity index (χ4n) is 5.05. The largest absolute Gasteiger partial charge is 0.385 e. The van der Waals surface area contributed by atoms with Crippen molar-refractivity contribution in [1.82, 2.24) is 0 Å². The van der Waals surface area contributed by atoms with Crippen LogP contribution in [0.15, 0.2) is 66.7 Å². The summed E-state index contributed by atoms with van der Waals surface area (Å²) in [5.74, 6) is 0. The number of methoxy groups -OCH3 is 1. The summed E-state index contributed by atoms with van der Waals surface area (Å²) >= 11 is 1.93. The van der Waals surface area contributed by atoms with E-state index in [0.29, 0.717) is 0 Å². The van der Waals surface area contributed by atoms with E-state index >= 15 is 0 Å². The Morgan fingerprint density at radius 3 is 1.85 bits per heavy atom. The van der Waals surface area contributed by atoms with Gasteiger partial charge in [0.15, 0.2) is 0 Å². The number of fused-ring (bicyclic) bond motifs is 5. The summed E-state index contributed by atoms with van der Waals surface area (Å²) in [6.45, 7) is 0.914. The van der Waals surface area contributed by atoms with Crippen molar-refractivity contribution in [3.63, 3.8) is 0 Å². The smallest absolute Gasteiger partial charge is 0.0462 e. The molecule has 0 bridgehead atoms. The van der Waals surface area contributed by atoms with Gasteiger partial charge >= 0.3 is 0 Å². The van der Waals surface area contributed by atoms with E-state index in [2.05, 4.69) is 66.7 Å². The summed E-state index contributed by atoms with van der Waals surface area (Å²) in [4.78, 5) is 0. The third-order valence-corrected chi connectivity index (χ3v) is 8.04. The molecule has 0 saturated heterocycles. The van der Waals surface area contributed by atoms with Crippen LogP contribution in [0.5, 0.6) is 0 Å². The van der Waals surface area contributed by atoms with Gasteiger partial charge in [-0.25, -0.2) is 0 Å². The van der Waals surface area contributed by atoms with Crippen molar-refractivity contribution in [1.29, 1.82) is 0 Å². The van der Waals surface area contributed by atoms with Crippen LogP contribution >= 0.6 is 11.3 Å². The number of rotatable bonds is 11. The van der Waals surface area contributed by atoms with Gasteiger partial charge in [0, 0.05) is 33.9 Å². The molecule has 0 spiro atoms. The summed E-state index contributed by atoms with van der Waals surface area (Å²) < 4.78 is 7.91. The number of hydrogen-bond donors (Lipinski definition) is 0. The molecule has 1 nitrogen and oxygen atoms in total. The van der Waals surface area contributed by atoms with Gasteiger partial charge in [-0.15, -0.1) is 11.3 Å². The molecule has 2 heteroatoms. The molecule has 5 aromatic rings. The first-order valence-corrected chi connectivity index (χ1v) is 13.4. The third-order valence-electron chi connectivity index (χ3n) is 6.92. The Bertz CT molecular complexity index is 1360. The molecule has 33 heavy (non-hydrogen) atoms. The molecule has 0 aliphatic carbocycles. The highest BCUT2D eigenvalue weighted by Crippen LogP contribution is 2.38. The lowest BCUT2D eigenvalue weighted by Crippen LogP contribution is -1.89. The molecule has 5 rings (SSSR count). The van der Waals surface area contributed by atoms with E-state index in [1.807, 2.05) is 11.3 Å². The van der Waals surface area contributed by atoms with E-state index in [1.165, 1.54) is 105 Å². The van der Waals surface area contributed by atoms with Gasteiger partial charge in [-0.1, -0.05) is 81.0 Å². The molecule has 0 radical (unpaired) electrons. The lowest BCUT2D eigenvalue weighted by Gasteiger charge is -2.06. The van der Waals surface area contributed by atoms with Crippen LogP contribution < -0.4 is 0 Å². The fourth-order valence-corrected chi connectivity index (χ4v) is 6.21. The van der Waals surface area contributed by atoms with Crippen molar-refractivity contribution >= 4 is 53.1 Å². The van der Waals surface area contributed by atoms with E-state index in [9.17, 15) is 0 Å². The zero-order chi connectivity index (χ0) is 22.5. The topological polar surface area (TPSA) is 9.23 Å².